The number of hydrogen-bond acceptors (Lipinski definition) is 3. The van der Waals surface area contributed by atoms with Crippen LogP contribution in [0, 0.1) is 13.8 Å². The molecule has 2 aromatic heterocycles. The summed E-state index contributed by atoms with van der Waals surface area (Å²) in [5, 5.41) is 7.70. The lowest BCUT2D eigenvalue weighted by Gasteiger charge is -2.04. The van der Waals surface area contributed by atoms with Crippen molar-refractivity contribution in [3.05, 3.63) is 41.5 Å². The number of nitrogens with one attached hydrogen (secondary N) is 1. The first-order valence-corrected chi connectivity index (χ1v) is 5.34. The Kier molecular flexibility index (Phi) is 3.01. The Hall–Kier alpha value is -1.68. The molecule has 2 aromatic rings. The van der Waals surface area contributed by atoms with Gasteiger partial charge in [-0.3, -0.25) is 4.98 Å². The lowest BCUT2D eigenvalue weighted by Crippen LogP contribution is -2.07. The van der Waals surface area contributed by atoms with E-state index in [0.29, 0.717) is 0 Å². The summed E-state index contributed by atoms with van der Waals surface area (Å²) in [5.74, 6) is 0. The van der Waals surface area contributed by atoms with Crippen molar-refractivity contribution in [1.82, 2.24) is 20.1 Å². The first-order valence-electron chi connectivity index (χ1n) is 5.34. The van der Waals surface area contributed by atoms with Crippen LogP contribution in [-0.2, 0) is 6.54 Å². The molecule has 84 valence electrons. The zero-order chi connectivity index (χ0) is 11.5. The van der Waals surface area contributed by atoms with E-state index in [-0.39, 0.29) is 0 Å². The van der Waals surface area contributed by atoms with Crippen molar-refractivity contribution in [2.24, 2.45) is 0 Å². The normalized spacial score (nSPS) is 10.7. The molecule has 0 unspecified atom stereocenters. The minimum Gasteiger partial charge on any atom is -0.316 e. The average Bonchev–Trinajstić information content (AvgIpc) is 2.59. The number of rotatable bonds is 3. The summed E-state index contributed by atoms with van der Waals surface area (Å²) in [6, 6.07) is 3.93. The van der Waals surface area contributed by atoms with Crippen LogP contribution in [0.4, 0.5) is 0 Å². The molecule has 16 heavy (non-hydrogen) atoms. The molecule has 0 spiro atoms. The molecule has 0 bridgehead atoms. The first kappa shape index (κ1) is 10.8. The fourth-order valence-electron chi connectivity index (χ4n) is 1.84. The van der Waals surface area contributed by atoms with Crippen molar-refractivity contribution < 1.29 is 0 Å². The second-order valence-electron chi connectivity index (χ2n) is 3.80. The van der Waals surface area contributed by atoms with Gasteiger partial charge in [0.05, 0.1) is 17.6 Å². The van der Waals surface area contributed by atoms with Crippen molar-refractivity contribution in [3.63, 3.8) is 0 Å². The summed E-state index contributed by atoms with van der Waals surface area (Å²) in [5.41, 5.74) is 4.49. The van der Waals surface area contributed by atoms with Gasteiger partial charge in [0.25, 0.3) is 0 Å². The quantitative estimate of drug-likeness (QED) is 0.847. The third-order valence-corrected chi connectivity index (χ3v) is 2.69. The second kappa shape index (κ2) is 4.45. The van der Waals surface area contributed by atoms with Crippen molar-refractivity contribution in [1.29, 1.82) is 0 Å². The highest BCUT2D eigenvalue weighted by Gasteiger charge is 2.11. The van der Waals surface area contributed by atoms with Gasteiger partial charge >= 0.3 is 0 Å². The smallest absolute Gasteiger partial charge is 0.0832 e. The van der Waals surface area contributed by atoms with E-state index in [1.54, 1.807) is 6.20 Å². The molecule has 0 fully saturated rings. The Morgan fingerprint density at radius 2 is 2.19 bits per heavy atom. The summed E-state index contributed by atoms with van der Waals surface area (Å²) in [4.78, 5) is 4.11. The molecule has 0 amide bonds. The van der Waals surface area contributed by atoms with Crippen molar-refractivity contribution in [2.75, 3.05) is 7.05 Å². The maximum absolute atomic E-state index is 4.54. The Morgan fingerprint density at radius 3 is 2.81 bits per heavy atom. The van der Waals surface area contributed by atoms with Gasteiger partial charge in [0.1, 0.15) is 0 Å². The van der Waals surface area contributed by atoms with Crippen LogP contribution in [0.5, 0.6) is 0 Å². The predicted molar refractivity (Wildman–Crippen MR) is 63.6 cm³/mol. The molecule has 4 heteroatoms. The fourth-order valence-corrected chi connectivity index (χ4v) is 1.84. The summed E-state index contributed by atoms with van der Waals surface area (Å²) < 4.78 is 1.94. The van der Waals surface area contributed by atoms with E-state index in [1.165, 1.54) is 11.3 Å². The molecular formula is C12H16N4. The fraction of sp³-hybridized carbons (Fsp3) is 0.333. The molecule has 0 aliphatic carbocycles. The molecule has 1 N–H and O–H groups in total. The average molecular weight is 216 g/mol. The van der Waals surface area contributed by atoms with Gasteiger partial charge < -0.3 is 5.32 Å². The molecule has 0 saturated heterocycles. The monoisotopic (exact) mass is 216 g/mol. The van der Waals surface area contributed by atoms with Gasteiger partial charge in [-0.1, -0.05) is 0 Å². The van der Waals surface area contributed by atoms with Crippen molar-refractivity contribution in [2.45, 2.75) is 20.4 Å². The van der Waals surface area contributed by atoms with Crippen LogP contribution in [0.3, 0.4) is 0 Å². The molecule has 0 aromatic carbocycles. The molecule has 2 rings (SSSR count). The van der Waals surface area contributed by atoms with Crippen LogP contribution in [0.25, 0.3) is 5.69 Å². The van der Waals surface area contributed by atoms with Crippen molar-refractivity contribution >= 4 is 0 Å². The lowest BCUT2D eigenvalue weighted by molar-refractivity contribution is 0.800. The third kappa shape index (κ3) is 1.84. The van der Waals surface area contributed by atoms with E-state index < -0.39 is 0 Å². The van der Waals surface area contributed by atoms with Gasteiger partial charge in [-0.05, 0) is 33.0 Å². The van der Waals surface area contributed by atoms with Crippen molar-refractivity contribution in [3.8, 4) is 5.69 Å². The Bertz CT molecular complexity index is 473. The number of hydrogen-bond donors (Lipinski definition) is 1. The molecule has 0 aliphatic rings. The highest BCUT2D eigenvalue weighted by molar-refractivity contribution is 5.34. The van der Waals surface area contributed by atoms with E-state index in [0.717, 1.165) is 17.9 Å². The Labute approximate surface area is 95.3 Å². The van der Waals surface area contributed by atoms with Gasteiger partial charge in [0.15, 0.2) is 0 Å². The second-order valence-corrected chi connectivity index (χ2v) is 3.80. The van der Waals surface area contributed by atoms with Gasteiger partial charge in [-0.15, -0.1) is 0 Å². The van der Waals surface area contributed by atoms with E-state index in [9.17, 15) is 0 Å². The van der Waals surface area contributed by atoms with Crippen LogP contribution in [0.1, 0.15) is 17.0 Å². The topological polar surface area (TPSA) is 42.7 Å². The highest BCUT2D eigenvalue weighted by atomic mass is 15.3. The van der Waals surface area contributed by atoms with Gasteiger partial charge in [0.2, 0.25) is 0 Å². The number of aryl methyl sites for hydroxylation is 1. The van der Waals surface area contributed by atoms with E-state index >= 15 is 0 Å². The molecule has 0 radical (unpaired) electrons. The standard InChI is InChI=1S/C12H16N4/c1-9-12(8-13-3)10(2)16(15-9)11-5-4-6-14-7-11/h4-7,13H,8H2,1-3H3. The van der Waals surface area contributed by atoms with Crippen LogP contribution in [-0.4, -0.2) is 21.8 Å². The maximum atomic E-state index is 4.54. The molecule has 0 aliphatic heterocycles. The molecular weight excluding hydrogens is 200 g/mol. The van der Waals surface area contributed by atoms with Crippen LogP contribution >= 0.6 is 0 Å². The van der Waals surface area contributed by atoms with Crippen LogP contribution < -0.4 is 5.32 Å². The molecule has 0 atom stereocenters. The van der Waals surface area contributed by atoms with Gasteiger partial charge in [0, 0.05) is 24.0 Å². The van der Waals surface area contributed by atoms with Gasteiger partial charge in [-0.2, -0.15) is 5.10 Å². The van der Waals surface area contributed by atoms with E-state index in [4.69, 9.17) is 0 Å². The summed E-state index contributed by atoms with van der Waals surface area (Å²) in [6.45, 7) is 4.96. The van der Waals surface area contributed by atoms with Gasteiger partial charge in [-0.25, -0.2) is 4.68 Å². The van der Waals surface area contributed by atoms with Crippen LogP contribution in [0.2, 0.25) is 0 Å². The van der Waals surface area contributed by atoms with E-state index in [1.807, 2.05) is 37.0 Å². The first-order chi connectivity index (χ1) is 7.74. The highest BCUT2D eigenvalue weighted by Crippen LogP contribution is 2.16. The summed E-state index contributed by atoms with van der Waals surface area (Å²) >= 11 is 0. The maximum Gasteiger partial charge on any atom is 0.0832 e. The molecule has 2 heterocycles. The molecule has 0 saturated carbocycles. The van der Waals surface area contributed by atoms with Crippen LogP contribution in [0.15, 0.2) is 24.5 Å². The largest absolute Gasteiger partial charge is 0.316 e. The van der Waals surface area contributed by atoms with E-state index in [2.05, 4.69) is 22.3 Å². The number of aromatic nitrogens is 3. The minimum absolute atomic E-state index is 0.845. The minimum atomic E-state index is 0.845. The summed E-state index contributed by atoms with van der Waals surface area (Å²) in [6.07, 6.45) is 3.59. The lowest BCUT2D eigenvalue weighted by atomic mass is 10.2. The Balaban J connectivity index is 2.47. The predicted octanol–water partition coefficient (Wildman–Crippen LogP) is 1.60. The Morgan fingerprint density at radius 1 is 1.38 bits per heavy atom. The zero-order valence-corrected chi connectivity index (χ0v) is 9.86. The molecule has 4 nitrogen and oxygen atoms in total. The third-order valence-electron chi connectivity index (χ3n) is 2.69. The summed E-state index contributed by atoms with van der Waals surface area (Å²) in [7, 11) is 1.94. The number of pyridine rings is 1. The SMILES string of the molecule is CNCc1c(C)nn(-c2cccnc2)c1C. The number of nitrogens with zero attached hydrogens (tertiary/aromatic N) is 3. The zero-order valence-electron chi connectivity index (χ0n) is 9.86.